The van der Waals surface area contributed by atoms with Crippen LogP contribution in [0.15, 0.2) is 0 Å². The molecule has 2 rings (SSSR count). The molecule has 2 fully saturated rings. The molecule has 2 saturated carbocycles. The molecule has 0 aromatic heterocycles. The fraction of sp³-hybridized carbons (Fsp3) is 0.900. The Kier molecular flexibility index (Phi) is 3.69. The molecule has 0 heterocycles. The highest BCUT2D eigenvalue weighted by molar-refractivity contribution is 8.31. The van der Waals surface area contributed by atoms with E-state index in [0.29, 0.717) is 11.7 Å². The second-order valence-electron chi connectivity index (χ2n) is 5.30. The normalized spacial score (nSPS) is 35.8. The van der Waals surface area contributed by atoms with Gasteiger partial charge in [-0.15, -0.1) is 0 Å². The van der Waals surface area contributed by atoms with Crippen molar-refractivity contribution in [1.82, 2.24) is 0 Å². The van der Waals surface area contributed by atoms with Crippen LogP contribution in [0, 0.1) is 16.7 Å². The molecule has 16 heavy (non-hydrogen) atoms. The maximum Gasteiger partial charge on any atom is 0.317 e. The molecule has 6 heteroatoms. The zero-order valence-corrected chi connectivity index (χ0v) is 11.9. The summed E-state index contributed by atoms with van der Waals surface area (Å²) in [4.78, 5) is 11.6. The Morgan fingerprint density at radius 2 is 1.69 bits per heavy atom. The monoisotopic (exact) mass is 286 g/mol. The molecule has 0 aromatic rings. The Bertz CT molecular complexity index is 394. The maximum absolute atomic E-state index is 11.6. The van der Waals surface area contributed by atoms with E-state index in [1.807, 2.05) is 0 Å². The predicted octanol–water partition coefficient (Wildman–Crippen LogP) is 3.11. The molecule has 94 valence electrons. The van der Waals surface area contributed by atoms with Crippen molar-refractivity contribution in [1.29, 1.82) is 0 Å². The molecule has 3 nitrogen and oxygen atoms in total. The van der Waals surface area contributed by atoms with Crippen LogP contribution in [0.25, 0.3) is 0 Å². The van der Waals surface area contributed by atoms with Crippen molar-refractivity contribution in [3.63, 3.8) is 0 Å². The molecule has 2 aliphatic rings. The molecule has 2 unspecified atom stereocenters. The molecular formula is C10H16Cl2O3S. The number of ketones is 1. The third kappa shape index (κ3) is 2.54. The van der Waals surface area contributed by atoms with Crippen molar-refractivity contribution < 1.29 is 13.2 Å². The highest BCUT2D eigenvalue weighted by atomic mass is 36.0. The van der Waals surface area contributed by atoms with Gasteiger partial charge in [-0.05, 0) is 24.2 Å². The van der Waals surface area contributed by atoms with E-state index in [1.165, 1.54) is 6.42 Å². The summed E-state index contributed by atoms with van der Waals surface area (Å²) in [6, 6.07) is 0. The Morgan fingerprint density at radius 1 is 1.25 bits per heavy atom. The van der Waals surface area contributed by atoms with Crippen LogP contribution in [0.4, 0.5) is 0 Å². The minimum Gasteiger partial charge on any atom is -0.299 e. The lowest BCUT2D eigenvalue weighted by atomic mass is 9.70. The van der Waals surface area contributed by atoms with Gasteiger partial charge in [0.05, 0.1) is 0 Å². The second kappa shape index (κ2) is 4.14. The molecule has 0 aliphatic heterocycles. The number of hydrogen-bond acceptors (Lipinski definition) is 3. The summed E-state index contributed by atoms with van der Waals surface area (Å²) in [5.41, 5.74) is 0.307. The van der Waals surface area contributed by atoms with Crippen LogP contribution in [-0.2, 0) is 13.1 Å². The first-order valence-electron chi connectivity index (χ1n) is 5.16. The van der Waals surface area contributed by atoms with Crippen LogP contribution >= 0.6 is 21.4 Å². The van der Waals surface area contributed by atoms with Gasteiger partial charge in [0.1, 0.15) is 5.78 Å². The fourth-order valence-corrected chi connectivity index (χ4v) is 2.90. The summed E-state index contributed by atoms with van der Waals surface area (Å²) in [7, 11) is 4.81. The van der Waals surface area contributed by atoms with Gasteiger partial charge in [-0.25, -0.2) is 0 Å². The summed E-state index contributed by atoms with van der Waals surface area (Å²) in [6.45, 7) is 6.67. The van der Waals surface area contributed by atoms with Crippen molar-refractivity contribution in [2.45, 2.75) is 40.0 Å². The lowest BCUT2D eigenvalue weighted by molar-refractivity contribution is -0.128. The average molecular weight is 287 g/mol. The fourth-order valence-electron chi connectivity index (χ4n) is 2.90. The Morgan fingerprint density at radius 3 is 1.81 bits per heavy atom. The van der Waals surface area contributed by atoms with E-state index < -0.39 is 8.26 Å². The smallest absolute Gasteiger partial charge is 0.299 e. The van der Waals surface area contributed by atoms with E-state index in [4.69, 9.17) is 8.42 Å². The summed E-state index contributed by atoms with van der Waals surface area (Å²) >= 11 is 0. The topological polar surface area (TPSA) is 51.2 Å². The van der Waals surface area contributed by atoms with Crippen LogP contribution in [0.3, 0.4) is 0 Å². The van der Waals surface area contributed by atoms with E-state index in [2.05, 4.69) is 42.1 Å². The number of rotatable bonds is 0. The van der Waals surface area contributed by atoms with Crippen LogP contribution in [0.2, 0.25) is 0 Å². The van der Waals surface area contributed by atoms with E-state index >= 15 is 0 Å². The number of Topliss-reactive ketones (excluding diaryl/α,β-unsaturated/α-hetero) is 1. The zero-order chi connectivity index (χ0) is 12.8. The number of halogens is 2. The molecule has 0 saturated heterocycles. The Hall–Kier alpha value is 0.200. The summed E-state index contributed by atoms with van der Waals surface area (Å²) in [6.07, 6.45) is 3.25. The molecule has 0 amide bonds. The van der Waals surface area contributed by atoms with E-state index in [1.54, 1.807) is 0 Å². The minimum atomic E-state index is -3.72. The molecule has 0 aromatic carbocycles. The van der Waals surface area contributed by atoms with E-state index in [-0.39, 0.29) is 10.8 Å². The minimum absolute atomic E-state index is 0.0255. The SMILES string of the molecule is CC12CCC(CC1=O)C2(C)C.O=S(=O)(Cl)Cl. The third-order valence-corrected chi connectivity index (χ3v) is 4.48. The van der Waals surface area contributed by atoms with Gasteiger partial charge in [0, 0.05) is 33.2 Å². The lowest BCUT2D eigenvalue weighted by Gasteiger charge is -2.32. The van der Waals surface area contributed by atoms with Gasteiger partial charge in [0.15, 0.2) is 0 Å². The molecule has 2 bridgehead atoms. The summed E-state index contributed by atoms with van der Waals surface area (Å²) in [5.74, 6) is 1.19. The van der Waals surface area contributed by atoms with Crippen LogP contribution in [0.1, 0.15) is 40.0 Å². The van der Waals surface area contributed by atoms with Crippen molar-refractivity contribution in [2.24, 2.45) is 16.7 Å². The maximum atomic E-state index is 11.6. The van der Waals surface area contributed by atoms with Crippen LogP contribution in [-0.4, -0.2) is 14.2 Å². The number of hydrogen-bond donors (Lipinski definition) is 0. The standard InChI is InChI=1S/C10H16O.Cl2O2S/c1-9(2)7-4-5-10(9,3)8(11)6-7;1-5(2,3)4/h7H,4-6H2,1-3H3;. The van der Waals surface area contributed by atoms with E-state index in [0.717, 1.165) is 12.8 Å². The Balaban J connectivity index is 0.000000221. The summed E-state index contributed by atoms with van der Waals surface area (Å²) < 4.78 is 18.3. The average Bonchev–Trinajstić information content (AvgIpc) is 2.33. The molecule has 0 N–H and O–H groups in total. The first kappa shape index (κ1) is 14.3. The van der Waals surface area contributed by atoms with Crippen LogP contribution in [0.5, 0.6) is 0 Å². The molecular weight excluding hydrogens is 271 g/mol. The van der Waals surface area contributed by atoms with Gasteiger partial charge < -0.3 is 0 Å². The summed E-state index contributed by atoms with van der Waals surface area (Å²) in [5, 5.41) is 0. The number of carbonyl (C=O) groups excluding carboxylic acids is 1. The first-order chi connectivity index (χ1) is 6.98. The van der Waals surface area contributed by atoms with Gasteiger partial charge in [0.25, 0.3) is 0 Å². The van der Waals surface area contributed by atoms with Gasteiger partial charge >= 0.3 is 8.26 Å². The second-order valence-corrected chi connectivity index (χ2v) is 8.96. The van der Waals surface area contributed by atoms with Crippen molar-refractivity contribution >= 4 is 35.4 Å². The zero-order valence-electron chi connectivity index (χ0n) is 9.59. The van der Waals surface area contributed by atoms with Crippen molar-refractivity contribution in [3.05, 3.63) is 0 Å². The molecule has 2 aliphatic carbocycles. The quantitative estimate of drug-likeness (QED) is 0.643. The number of fused-ring (bicyclic) bond motifs is 2. The molecule has 2 atom stereocenters. The first-order valence-corrected chi connectivity index (χ1v) is 8.29. The number of carbonyl (C=O) groups is 1. The third-order valence-electron chi connectivity index (χ3n) is 4.48. The highest BCUT2D eigenvalue weighted by Crippen LogP contribution is 2.63. The molecule has 0 spiro atoms. The molecule has 0 radical (unpaired) electrons. The van der Waals surface area contributed by atoms with Gasteiger partial charge in [-0.1, -0.05) is 20.8 Å². The van der Waals surface area contributed by atoms with Crippen molar-refractivity contribution in [2.75, 3.05) is 0 Å². The van der Waals surface area contributed by atoms with Crippen molar-refractivity contribution in [3.8, 4) is 0 Å². The van der Waals surface area contributed by atoms with Gasteiger partial charge in [0.2, 0.25) is 0 Å². The highest BCUT2D eigenvalue weighted by Gasteiger charge is 2.61. The van der Waals surface area contributed by atoms with Gasteiger partial charge in [-0.3, -0.25) is 4.79 Å². The Labute approximate surface area is 105 Å². The van der Waals surface area contributed by atoms with E-state index in [9.17, 15) is 4.79 Å². The predicted molar refractivity (Wildman–Crippen MR) is 64.9 cm³/mol. The van der Waals surface area contributed by atoms with Gasteiger partial charge in [-0.2, -0.15) is 8.42 Å². The lowest BCUT2D eigenvalue weighted by Crippen LogP contribution is -2.32. The largest absolute Gasteiger partial charge is 0.317 e. The van der Waals surface area contributed by atoms with Crippen LogP contribution < -0.4 is 0 Å².